The van der Waals surface area contributed by atoms with E-state index in [0.29, 0.717) is 12.5 Å². The zero-order chi connectivity index (χ0) is 11.7. The van der Waals surface area contributed by atoms with Gasteiger partial charge in [0, 0.05) is 13.6 Å². The molecule has 1 aromatic rings. The number of hydrogen-bond acceptors (Lipinski definition) is 3. The van der Waals surface area contributed by atoms with Crippen LogP contribution in [0.15, 0.2) is 11.4 Å². The minimum Gasteiger partial charge on any atom is -0.391 e. The van der Waals surface area contributed by atoms with E-state index in [-0.39, 0.29) is 12.0 Å². The number of aryl methyl sites for hydroxylation is 1. The lowest BCUT2D eigenvalue weighted by atomic mass is 10.2. The SMILES string of the molecule is Cc1ccsc1C(=O)N(C)CC(O)C1CC1. The van der Waals surface area contributed by atoms with Crippen LogP contribution in [0.5, 0.6) is 0 Å². The minimum absolute atomic E-state index is 0.0206. The molecule has 1 aliphatic carbocycles. The number of carbonyl (C=O) groups is 1. The summed E-state index contributed by atoms with van der Waals surface area (Å²) in [6.07, 6.45) is 1.84. The van der Waals surface area contributed by atoms with E-state index in [1.807, 2.05) is 18.4 Å². The number of hydrogen-bond donors (Lipinski definition) is 1. The average Bonchev–Trinajstić information content (AvgIpc) is 3.01. The molecule has 0 aromatic carbocycles. The normalized spacial score (nSPS) is 17.2. The highest BCUT2D eigenvalue weighted by Crippen LogP contribution is 2.33. The molecule has 88 valence electrons. The predicted octanol–water partition coefficient (Wildman–Crippen LogP) is 1.90. The van der Waals surface area contributed by atoms with Crippen LogP contribution in [0.2, 0.25) is 0 Å². The summed E-state index contributed by atoms with van der Waals surface area (Å²) in [4.78, 5) is 14.4. The number of nitrogens with zero attached hydrogens (tertiary/aromatic N) is 1. The molecule has 0 radical (unpaired) electrons. The minimum atomic E-state index is -0.353. The molecule has 0 bridgehead atoms. The first-order chi connectivity index (χ1) is 7.59. The largest absolute Gasteiger partial charge is 0.391 e. The van der Waals surface area contributed by atoms with Crippen LogP contribution >= 0.6 is 11.3 Å². The van der Waals surface area contributed by atoms with Gasteiger partial charge in [-0.15, -0.1) is 11.3 Å². The molecule has 1 amide bonds. The maximum Gasteiger partial charge on any atom is 0.264 e. The van der Waals surface area contributed by atoms with Gasteiger partial charge in [-0.05, 0) is 42.7 Å². The van der Waals surface area contributed by atoms with Crippen LogP contribution in [0, 0.1) is 12.8 Å². The van der Waals surface area contributed by atoms with Crippen molar-refractivity contribution in [2.75, 3.05) is 13.6 Å². The number of rotatable bonds is 4. The Labute approximate surface area is 99.7 Å². The van der Waals surface area contributed by atoms with Crippen molar-refractivity contribution in [2.45, 2.75) is 25.9 Å². The summed E-state index contributed by atoms with van der Waals surface area (Å²) in [5.41, 5.74) is 1.02. The van der Waals surface area contributed by atoms with Crippen molar-refractivity contribution in [2.24, 2.45) is 5.92 Å². The van der Waals surface area contributed by atoms with Crippen LogP contribution < -0.4 is 0 Å². The molecule has 16 heavy (non-hydrogen) atoms. The molecule has 1 N–H and O–H groups in total. The van der Waals surface area contributed by atoms with E-state index in [4.69, 9.17) is 0 Å². The van der Waals surface area contributed by atoms with Gasteiger partial charge in [-0.25, -0.2) is 0 Å². The van der Waals surface area contributed by atoms with Gasteiger partial charge in [0.1, 0.15) is 0 Å². The Morgan fingerprint density at radius 1 is 1.69 bits per heavy atom. The van der Waals surface area contributed by atoms with Crippen molar-refractivity contribution in [1.82, 2.24) is 4.90 Å². The molecule has 1 unspecified atom stereocenters. The molecule has 2 rings (SSSR count). The second-order valence-electron chi connectivity index (χ2n) is 4.52. The standard InChI is InChI=1S/C12H17NO2S/c1-8-5-6-16-11(8)12(15)13(2)7-10(14)9-3-4-9/h5-6,9-10,14H,3-4,7H2,1-2H3. The molecule has 1 heterocycles. The van der Waals surface area contributed by atoms with Gasteiger partial charge in [-0.1, -0.05) is 0 Å². The lowest BCUT2D eigenvalue weighted by Crippen LogP contribution is -2.35. The Balaban J connectivity index is 1.96. The average molecular weight is 239 g/mol. The van der Waals surface area contributed by atoms with E-state index in [1.165, 1.54) is 11.3 Å². The first kappa shape index (κ1) is 11.6. The highest BCUT2D eigenvalue weighted by atomic mass is 32.1. The summed E-state index contributed by atoms with van der Waals surface area (Å²) in [5, 5.41) is 11.7. The van der Waals surface area contributed by atoms with Gasteiger partial charge in [0.15, 0.2) is 0 Å². The lowest BCUT2D eigenvalue weighted by Gasteiger charge is -2.20. The topological polar surface area (TPSA) is 40.5 Å². The summed E-state index contributed by atoms with van der Waals surface area (Å²) in [6.45, 7) is 2.38. The highest BCUT2D eigenvalue weighted by molar-refractivity contribution is 7.12. The van der Waals surface area contributed by atoms with Gasteiger partial charge in [-0.3, -0.25) is 4.79 Å². The summed E-state index contributed by atoms with van der Waals surface area (Å²) >= 11 is 1.46. The third-order valence-electron chi connectivity index (χ3n) is 3.03. The number of aliphatic hydroxyl groups is 1. The highest BCUT2D eigenvalue weighted by Gasteiger charge is 2.31. The molecule has 1 aliphatic rings. The van der Waals surface area contributed by atoms with Gasteiger partial charge >= 0.3 is 0 Å². The van der Waals surface area contributed by atoms with Crippen LogP contribution in [0.25, 0.3) is 0 Å². The zero-order valence-corrected chi connectivity index (χ0v) is 10.5. The smallest absolute Gasteiger partial charge is 0.264 e. The zero-order valence-electron chi connectivity index (χ0n) is 9.64. The van der Waals surface area contributed by atoms with Gasteiger partial charge < -0.3 is 10.0 Å². The van der Waals surface area contributed by atoms with Crippen LogP contribution in [-0.2, 0) is 0 Å². The fourth-order valence-electron chi connectivity index (χ4n) is 1.76. The summed E-state index contributed by atoms with van der Waals surface area (Å²) in [6, 6.07) is 1.95. The van der Waals surface area contributed by atoms with Gasteiger partial charge in [0.2, 0.25) is 0 Å². The molecule has 0 saturated heterocycles. The number of carbonyl (C=O) groups excluding carboxylic acids is 1. The fraction of sp³-hybridized carbons (Fsp3) is 0.583. The Bertz CT molecular complexity index is 384. The maximum atomic E-state index is 12.0. The van der Waals surface area contributed by atoms with Crippen LogP contribution in [0.1, 0.15) is 28.1 Å². The monoisotopic (exact) mass is 239 g/mol. The predicted molar refractivity (Wildman–Crippen MR) is 64.7 cm³/mol. The Hall–Kier alpha value is -0.870. The molecular weight excluding hydrogens is 222 g/mol. The third-order valence-corrected chi connectivity index (χ3v) is 4.03. The van der Waals surface area contributed by atoms with E-state index < -0.39 is 0 Å². The van der Waals surface area contributed by atoms with Crippen LogP contribution in [-0.4, -0.2) is 35.6 Å². The molecule has 1 fully saturated rings. The number of amides is 1. The second-order valence-corrected chi connectivity index (χ2v) is 5.44. The Kier molecular flexibility index (Phi) is 3.30. The molecule has 0 spiro atoms. The molecule has 1 atom stereocenters. The maximum absolute atomic E-state index is 12.0. The number of likely N-dealkylation sites (N-methyl/N-ethyl adjacent to an activating group) is 1. The molecule has 1 aromatic heterocycles. The van der Waals surface area contributed by atoms with E-state index in [9.17, 15) is 9.90 Å². The Morgan fingerprint density at radius 2 is 2.38 bits per heavy atom. The number of thiophene rings is 1. The summed E-state index contributed by atoms with van der Waals surface area (Å²) in [7, 11) is 1.76. The van der Waals surface area contributed by atoms with Gasteiger partial charge in [0.25, 0.3) is 5.91 Å². The third kappa shape index (κ3) is 2.44. The lowest BCUT2D eigenvalue weighted by molar-refractivity contribution is 0.0649. The number of aliphatic hydroxyl groups excluding tert-OH is 1. The fourth-order valence-corrected chi connectivity index (χ4v) is 2.68. The van der Waals surface area contributed by atoms with E-state index in [2.05, 4.69) is 0 Å². The second kappa shape index (κ2) is 4.55. The molecule has 1 saturated carbocycles. The van der Waals surface area contributed by atoms with E-state index in [1.54, 1.807) is 11.9 Å². The van der Waals surface area contributed by atoms with Crippen molar-refractivity contribution in [3.05, 3.63) is 21.9 Å². The van der Waals surface area contributed by atoms with Crippen LogP contribution in [0.3, 0.4) is 0 Å². The van der Waals surface area contributed by atoms with Crippen molar-refractivity contribution in [1.29, 1.82) is 0 Å². The van der Waals surface area contributed by atoms with Gasteiger partial charge in [0.05, 0.1) is 11.0 Å². The first-order valence-corrected chi connectivity index (χ1v) is 6.45. The van der Waals surface area contributed by atoms with Crippen molar-refractivity contribution in [3.8, 4) is 0 Å². The van der Waals surface area contributed by atoms with Crippen molar-refractivity contribution < 1.29 is 9.90 Å². The van der Waals surface area contributed by atoms with E-state index in [0.717, 1.165) is 23.3 Å². The summed E-state index contributed by atoms with van der Waals surface area (Å²) < 4.78 is 0. The molecule has 4 heteroatoms. The summed E-state index contributed by atoms with van der Waals surface area (Å²) in [5.74, 6) is 0.437. The Morgan fingerprint density at radius 3 is 2.88 bits per heavy atom. The van der Waals surface area contributed by atoms with Gasteiger partial charge in [-0.2, -0.15) is 0 Å². The molecule has 0 aliphatic heterocycles. The quantitative estimate of drug-likeness (QED) is 0.871. The molecular formula is C12H17NO2S. The first-order valence-electron chi connectivity index (χ1n) is 5.57. The van der Waals surface area contributed by atoms with E-state index >= 15 is 0 Å². The van der Waals surface area contributed by atoms with Crippen molar-refractivity contribution in [3.63, 3.8) is 0 Å². The van der Waals surface area contributed by atoms with Crippen LogP contribution in [0.4, 0.5) is 0 Å². The van der Waals surface area contributed by atoms with Crippen molar-refractivity contribution >= 4 is 17.2 Å². The molecule has 3 nitrogen and oxygen atoms in total.